The quantitative estimate of drug-likeness (QED) is 0.840. The molecule has 0 radical (unpaired) electrons. The third kappa shape index (κ3) is 4.04. The fourth-order valence-corrected chi connectivity index (χ4v) is 4.34. The van der Waals surface area contributed by atoms with E-state index in [1.807, 2.05) is 12.1 Å². The molecule has 3 aliphatic rings. The molecule has 136 valence electrons. The van der Waals surface area contributed by atoms with Crippen LogP contribution in [0.3, 0.4) is 0 Å². The summed E-state index contributed by atoms with van der Waals surface area (Å²) in [7, 11) is 0. The molecule has 2 aliphatic heterocycles. The standard InChI is InChI=1S/C20H27FN2O2/c21-17-5-3-16(4-6-17)18-12-19(18)20(24)23-7-1-2-15(14-23)13-22-8-10-25-11-9-22/h3-6,15,18-19H,1-2,7-14H2/t15-,18-,19+/m0/s1. The van der Waals surface area contributed by atoms with Crippen LogP contribution in [0, 0.1) is 17.7 Å². The molecular weight excluding hydrogens is 319 g/mol. The molecule has 5 heteroatoms. The number of amides is 1. The first-order valence-electron chi connectivity index (χ1n) is 9.55. The molecule has 1 aromatic rings. The van der Waals surface area contributed by atoms with Gasteiger partial charge in [0.05, 0.1) is 13.2 Å². The summed E-state index contributed by atoms with van der Waals surface area (Å²) in [5.74, 6) is 1.06. The van der Waals surface area contributed by atoms with Crippen molar-refractivity contribution in [3.63, 3.8) is 0 Å². The molecule has 1 aromatic carbocycles. The monoisotopic (exact) mass is 346 g/mol. The summed E-state index contributed by atoms with van der Waals surface area (Å²) in [6.45, 7) is 6.56. The predicted molar refractivity (Wildman–Crippen MR) is 93.8 cm³/mol. The SMILES string of the molecule is O=C([C@@H]1C[C@H]1c1ccc(F)cc1)N1CCC[C@@H](CN2CCOCC2)C1. The van der Waals surface area contributed by atoms with Gasteiger partial charge in [-0.3, -0.25) is 9.69 Å². The second-order valence-corrected chi connectivity index (χ2v) is 7.71. The summed E-state index contributed by atoms with van der Waals surface area (Å²) in [6.07, 6.45) is 3.23. The molecule has 1 amide bonds. The summed E-state index contributed by atoms with van der Waals surface area (Å²) >= 11 is 0. The zero-order chi connectivity index (χ0) is 17.2. The largest absolute Gasteiger partial charge is 0.379 e. The average molecular weight is 346 g/mol. The van der Waals surface area contributed by atoms with E-state index in [-0.39, 0.29) is 17.7 Å². The van der Waals surface area contributed by atoms with E-state index >= 15 is 0 Å². The lowest BCUT2D eigenvalue weighted by Crippen LogP contribution is -2.46. The van der Waals surface area contributed by atoms with E-state index in [9.17, 15) is 9.18 Å². The minimum atomic E-state index is -0.214. The van der Waals surface area contributed by atoms with Crippen LogP contribution in [0.15, 0.2) is 24.3 Å². The molecule has 0 unspecified atom stereocenters. The van der Waals surface area contributed by atoms with Crippen molar-refractivity contribution >= 4 is 5.91 Å². The minimum Gasteiger partial charge on any atom is -0.379 e. The number of halogens is 1. The highest BCUT2D eigenvalue weighted by Crippen LogP contribution is 2.48. The zero-order valence-electron chi connectivity index (χ0n) is 14.7. The average Bonchev–Trinajstić information content (AvgIpc) is 3.43. The van der Waals surface area contributed by atoms with Gasteiger partial charge in [0.15, 0.2) is 0 Å². The Morgan fingerprint density at radius 1 is 1.16 bits per heavy atom. The van der Waals surface area contributed by atoms with Gasteiger partial charge in [0.25, 0.3) is 0 Å². The van der Waals surface area contributed by atoms with E-state index in [4.69, 9.17) is 4.74 Å². The van der Waals surface area contributed by atoms with Gasteiger partial charge in [-0.05, 0) is 48.8 Å². The first-order valence-corrected chi connectivity index (χ1v) is 9.55. The highest BCUT2D eigenvalue weighted by Gasteiger charge is 2.46. The first kappa shape index (κ1) is 17.0. The zero-order valence-corrected chi connectivity index (χ0v) is 14.7. The van der Waals surface area contributed by atoms with Crippen molar-refractivity contribution in [2.24, 2.45) is 11.8 Å². The lowest BCUT2D eigenvalue weighted by Gasteiger charge is -2.37. The van der Waals surface area contributed by atoms with Gasteiger partial charge in [-0.25, -0.2) is 4.39 Å². The van der Waals surface area contributed by atoms with E-state index in [2.05, 4.69) is 9.80 Å². The van der Waals surface area contributed by atoms with E-state index in [1.54, 1.807) is 0 Å². The van der Waals surface area contributed by atoms with Crippen LogP contribution in [0.1, 0.15) is 30.7 Å². The first-order chi connectivity index (χ1) is 12.2. The third-order valence-electron chi connectivity index (χ3n) is 5.86. The van der Waals surface area contributed by atoms with Crippen molar-refractivity contribution in [3.05, 3.63) is 35.6 Å². The number of hydrogen-bond acceptors (Lipinski definition) is 3. The van der Waals surface area contributed by atoms with Crippen LogP contribution in [0.4, 0.5) is 4.39 Å². The van der Waals surface area contributed by atoms with Crippen LogP contribution in [-0.4, -0.2) is 61.6 Å². The highest BCUT2D eigenvalue weighted by molar-refractivity contribution is 5.83. The van der Waals surface area contributed by atoms with Gasteiger partial charge in [0.1, 0.15) is 5.82 Å². The van der Waals surface area contributed by atoms with Crippen molar-refractivity contribution in [3.8, 4) is 0 Å². The number of morpholine rings is 1. The van der Waals surface area contributed by atoms with Crippen LogP contribution in [-0.2, 0) is 9.53 Å². The molecule has 2 saturated heterocycles. The number of nitrogens with zero attached hydrogens (tertiary/aromatic N) is 2. The Labute approximate surface area is 148 Å². The van der Waals surface area contributed by atoms with Gasteiger partial charge in [0.2, 0.25) is 5.91 Å². The highest BCUT2D eigenvalue weighted by atomic mass is 19.1. The maximum atomic E-state index is 13.1. The summed E-state index contributed by atoms with van der Waals surface area (Å²) in [5, 5.41) is 0. The topological polar surface area (TPSA) is 32.8 Å². The summed E-state index contributed by atoms with van der Waals surface area (Å²) in [4.78, 5) is 17.4. The molecular formula is C20H27FN2O2. The molecule has 0 N–H and O–H groups in total. The Balaban J connectivity index is 1.30. The molecule has 1 aliphatic carbocycles. The smallest absolute Gasteiger partial charge is 0.226 e. The number of ether oxygens (including phenoxy) is 1. The molecule has 0 aromatic heterocycles. The molecule has 1 saturated carbocycles. The number of carbonyl (C=O) groups is 1. The van der Waals surface area contributed by atoms with Gasteiger partial charge in [0, 0.05) is 38.6 Å². The van der Waals surface area contributed by atoms with E-state index in [1.165, 1.54) is 18.6 Å². The van der Waals surface area contributed by atoms with Crippen LogP contribution in [0.2, 0.25) is 0 Å². The Bertz CT molecular complexity index is 600. The van der Waals surface area contributed by atoms with Crippen LogP contribution < -0.4 is 0 Å². The van der Waals surface area contributed by atoms with Gasteiger partial charge >= 0.3 is 0 Å². The number of carbonyl (C=O) groups excluding carboxylic acids is 1. The molecule has 3 fully saturated rings. The van der Waals surface area contributed by atoms with Crippen LogP contribution >= 0.6 is 0 Å². The fourth-order valence-electron chi connectivity index (χ4n) is 4.34. The van der Waals surface area contributed by atoms with Crippen molar-refractivity contribution in [1.82, 2.24) is 9.80 Å². The van der Waals surface area contributed by atoms with E-state index < -0.39 is 0 Å². The van der Waals surface area contributed by atoms with Gasteiger partial charge in [-0.1, -0.05) is 12.1 Å². The Hall–Kier alpha value is -1.46. The van der Waals surface area contributed by atoms with Crippen LogP contribution in [0.5, 0.6) is 0 Å². The second kappa shape index (κ2) is 7.42. The van der Waals surface area contributed by atoms with Crippen LogP contribution in [0.25, 0.3) is 0 Å². The predicted octanol–water partition coefficient (Wildman–Crippen LogP) is 2.50. The normalized spacial score (nSPS) is 30.3. The lowest BCUT2D eigenvalue weighted by molar-refractivity contribution is -0.134. The van der Waals surface area contributed by atoms with Gasteiger partial charge < -0.3 is 9.64 Å². The molecule has 0 spiro atoms. The lowest BCUT2D eigenvalue weighted by atomic mass is 9.96. The van der Waals surface area contributed by atoms with Gasteiger partial charge in [-0.15, -0.1) is 0 Å². The molecule has 4 rings (SSSR count). The Morgan fingerprint density at radius 3 is 2.68 bits per heavy atom. The van der Waals surface area contributed by atoms with E-state index in [0.29, 0.717) is 11.8 Å². The van der Waals surface area contributed by atoms with Crippen molar-refractivity contribution in [1.29, 1.82) is 0 Å². The molecule has 0 bridgehead atoms. The number of likely N-dealkylation sites (tertiary alicyclic amines) is 1. The molecule has 3 atom stereocenters. The maximum Gasteiger partial charge on any atom is 0.226 e. The number of hydrogen-bond donors (Lipinski definition) is 0. The van der Waals surface area contributed by atoms with E-state index in [0.717, 1.165) is 64.3 Å². The second-order valence-electron chi connectivity index (χ2n) is 7.71. The Morgan fingerprint density at radius 2 is 1.92 bits per heavy atom. The maximum absolute atomic E-state index is 13.1. The Kier molecular flexibility index (Phi) is 5.04. The summed E-state index contributed by atoms with van der Waals surface area (Å²) in [5.41, 5.74) is 1.10. The van der Waals surface area contributed by atoms with Crippen molar-refractivity contribution in [2.75, 3.05) is 45.9 Å². The molecule has 4 nitrogen and oxygen atoms in total. The number of rotatable bonds is 4. The van der Waals surface area contributed by atoms with Gasteiger partial charge in [-0.2, -0.15) is 0 Å². The number of piperidine rings is 1. The summed E-state index contributed by atoms with van der Waals surface area (Å²) in [6, 6.07) is 6.64. The number of benzene rings is 1. The molecule has 2 heterocycles. The van der Waals surface area contributed by atoms with Crippen molar-refractivity contribution in [2.45, 2.75) is 25.2 Å². The summed E-state index contributed by atoms with van der Waals surface area (Å²) < 4.78 is 18.5. The third-order valence-corrected chi connectivity index (χ3v) is 5.86. The minimum absolute atomic E-state index is 0.104. The van der Waals surface area contributed by atoms with Crippen molar-refractivity contribution < 1.29 is 13.9 Å². The fraction of sp³-hybridized carbons (Fsp3) is 0.650. The molecule has 25 heavy (non-hydrogen) atoms.